The van der Waals surface area contributed by atoms with Crippen LogP contribution >= 0.6 is 22.6 Å². The van der Waals surface area contributed by atoms with Crippen LogP contribution in [0.25, 0.3) is 10.9 Å². The quantitative estimate of drug-likeness (QED) is 0.497. The van der Waals surface area contributed by atoms with Crippen LogP contribution in [0.4, 0.5) is 0 Å². The fourth-order valence-electron chi connectivity index (χ4n) is 2.35. The highest BCUT2D eigenvalue weighted by atomic mass is 127. The van der Waals surface area contributed by atoms with Gasteiger partial charge in [0.15, 0.2) is 5.78 Å². The third kappa shape index (κ3) is 2.68. The lowest BCUT2D eigenvalue weighted by molar-refractivity contribution is 0.0932. The summed E-state index contributed by atoms with van der Waals surface area (Å²) in [5, 5.41) is 0.530. The predicted octanol–water partition coefficient (Wildman–Crippen LogP) is 3.45. The monoisotopic (exact) mass is 404 g/mol. The summed E-state index contributed by atoms with van der Waals surface area (Å²) >= 11 is 2.15. The Morgan fingerprint density at radius 3 is 2.64 bits per heavy atom. The van der Waals surface area contributed by atoms with Crippen molar-refractivity contribution in [2.75, 3.05) is 0 Å². The molecule has 1 unspecified atom stereocenters. The Hall–Kier alpha value is -2.02. The summed E-state index contributed by atoms with van der Waals surface area (Å²) in [7, 11) is 0. The van der Waals surface area contributed by atoms with Gasteiger partial charge in [-0.3, -0.25) is 14.2 Å². The van der Waals surface area contributed by atoms with Gasteiger partial charge >= 0.3 is 0 Å². The second kappa shape index (κ2) is 6.00. The Labute approximate surface area is 140 Å². The molecule has 0 bridgehead atoms. The first-order valence-electron chi connectivity index (χ1n) is 6.83. The number of carbonyl (C=O) groups excluding carboxylic acids is 1. The van der Waals surface area contributed by atoms with Crippen LogP contribution in [0.5, 0.6) is 0 Å². The van der Waals surface area contributed by atoms with E-state index in [1.165, 1.54) is 10.9 Å². The average Bonchev–Trinajstić information content (AvgIpc) is 2.55. The molecule has 2 aromatic carbocycles. The molecule has 0 fully saturated rings. The molecule has 22 heavy (non-hydrogen) atoms. The number of halogens is 1. The number of aromatic nitrogens is 2. The number of hydrogen-bond acceptors (Lipinski definition) is 3. The number of carbonyl (C=O) groups is 1. The van der Waals surface area contributed by atoms with Crippen molar-refractivity contribution in [1.82, 2.24) is 9.55 Å². The Morgan fingerprint density at radius 2 is 1.91 bits per heavy atom. The minimum absolute atomic E-state index is 0.102. The van der Waals surface area contributed by atoms with E-state index >= 15 is 0 Å². The minimum atomic E-state index is -0.593. The lowest BCUT2D eigenvalue weighted by Crippen LogP contribution is -2.28. The van der Waals surface area contributed by atoms with Crippen molar-refractivity contribution < 1.29 is 4.79 Å². The van der Waals surface area contributed by atoms with E-state index < -0.39 is 6.04 Å². The zero-order valence-corrected chi connectivity index (χ0v) is 14.0. The fraction of sp³-hybridized carbons (Fsp3) is 0.118. The molecule has 0 aliphatic rings. The number of Topliss-reactive ketones (excluding diaryl/α,β-unsaturated/α-hetero) is 1. The van der Waals surface area contributed by atoms with Crippen molar-refractivity contribution in [2.24, 2.45) is 0 Å². The molecule has 0 radical (unpaired) electrons. The molecule has 0 aliphatic carbocycles. The van der Waals surface area contributed by atoms with Crippen molar-refractivity contribution in [3.05, 3.63) is 74.3 Å². The van der Waals surface area contributed by atoms with Gasteiger partial charge in [-0.25, -0.2) is 4.98 Å². The summed E-state index contributed by atoms with van der Waals surface area (Å²) in [6.45, 7) is 1.72. The summed E-state index contributed by atoms with van der Waals surface area (Å²) in [5.41, 5.74) is 1.03. The smallest absolute Gasteiger partial charge is 0.261 e. The fourth-order valence-corrected chi connectivity index (χ4v) is 2.85. The zero-order chi connectivity index (χ0) is 15.7. The van der Waals surface area contributed by atoms with Gasteiger partial charge in [0.1, 0.15) is 0 Å². The summed E-state index contributed by atoms with van der Waals surface area (Å²) in [5.74, 6) is -0.102. The number of rotatable bonds is 3. The summed E-state index contributed by atoms with van der Waals surface area (Å²) in [6, 6.07) is 13.9. The number of ketones is 1. The van der Waals surface area contributed by atoms with Gasteiger partial charge in [0.2, 0.25) is 0 Å². The molecule has 3 rings (SSSR count). The molecule has 1 atom stereocenters. The molecule has 0 saturated carbocycles. The second-order valence-corrected chi connectivity index (χ2v) is 6.27. The maximum Gasteiger partial charge on any atom is 0.261 e. The SMILES string of the molecule is CC(C(=O)c1ccccc1)n1cnc2ccc(I)cc2c1=O. The molecule has 3 aromatic rings. The molecule has 0 amide bonds. The molecule has 110 valence electrons. The van der Waals surface area contributed by atoms with E-state index in [0.29, 0.717) is 16.5 Å². The third-order valence-electron chi connectivity index (χ3n) is 3.60. The van der Waals surface area contributed by atoms with Crippen molar-refractivity contribution in [1.29, 1.82) is 0 Å². The highest BCUT2D eigenvalue weighted by molar-refractivity contribution is 14.1. The predicted molar refractivity (Wildman–Crippen MR) is 94.2 cm³/mol. The molecule has 1 aromatic heterocycles. The van der Waals surface area contributed by atoms with Crippen LogP contribution in [0.15, 0.2) is 59.7 Å². The molecule has 0 aliphatic heterocycles. The lowest BCUT2D eigenvalue weighted by atomic mass is 10.1. The standard InChI is InChI=1S/C17H13IN2O2/c1-11(16(21)12-5-3-2-4-6-12)20-10-19-15-8-7-13(18)9-14(15)17(20)22/h2-11H,1H3. The van der Waals surface area contributed by atoms with Crippen molar-refractivity contribution in [3.63, 3.8) is 0 Å². The summed E-state index contributed by atoms with van der Waals surface area (Å²) in [4.78, 5) is 29.4. The molecular weight excluding hydrogens is 391 g/mol. The molecule has 1 heterocycles. The maximum absolute atomic E-state index is 12.6. The van der Waals surface area contributed by atoms with E-state index in [1.807, 2.05) is 30.3 Å². The van der Waals surface area contributed by atoms with Gasteiger partial charge in [-0.05, 0) is 47.7 Å². The first kappa shape index (κ1) is 14.9. The summed E-state index contributed by atoms with van der Waals surface area (Å²) in [6.07, 6.45) is 1.45. The first-order chi connectivity index (χ1) is 10.6. The maximum atomic E-state index is 12.6. The molecule has 0 spiro atoms. The number of fused-ring (bicyclic) bond motifs is 1. The van der Waals surface area contributed by atoms with Gasteiger partial charge in [0, 0.05) is 9.13 Å². The van der Waals surface area contributed by atoms with Crippen molar-refractivity contribution in [2.45, 2.75) is 13.0 Å². The van der Waals surface area contributed by atoms with Crippen LogP contribution < -0.4 is 5.56 Å². The molecule has 0 saturated heterocycles. The van der Waals surface area contributed by atoms with Gasteiger partial charge in [0.25, 0.3) is 5.56 Å². The van der Waals surface area contributed by atoms with E-state index in [0.717, 1.165) is 3.57 Å². The van der Waals surface area contributed by atoms with Crippen molar-refractivity contribution >= 4 is 39.3 Å². The Kier molecular flexibility index (Phi) is 4.06. The van der Waals surface area contributed by atoms with Gasteiger partial charge in [-0.1, -0.05) is 30.3 Å². The van der Waals surface area contributed by atoms with Crippen LogP contribution in [0.2, 0.25) is 0 Å². The van der Waals surface area contributed by atoms with Crippen LogP contribution in [-0.2, 0) is 0 Å². The van der Waals surface area contributed by atoms with E-state index in [2.05, 4.69) is 27.6 Å². The van der Waals surface area contributed by atoms with E-state index in [-0.39, 0.29) is 11.3 Å². The van der Waals surface area contributed by atoms with E-state index in [4.69, 9.17) is 0 Å². The number of benzene rings is 2. The third-order valence-corrected chi connectivity index (χ3v) is 4.27. The van der Waals surface area contributed by atoms with Gasteiger partial charge in [0.05, 0.1) is 23.3 Å². The second-order valence-electron chi connectivity index (χ2n) is 5.02. The number of hydrogen-bond donors (Lipinski definition) is 0. The van der Waals surface area contributed by atoms with E-state index in [9.17, 15) is 9.59 Å². The average molecular weight is 404 g/mol. The molecule has 4 nitrogen and oxygen atoms in total. The Morgan fingerprint density at radius 1 is 1.18 bits per heavy atom. The Bertz CT molecular complexity index is 903. The van der Waals surface area contributed by atoms with Crippen LogP contribution in [0, 0.1) is 3.57 Å². The topological polar surface area (TPSA) is 52.0 Å². The van der Waals surface area contributed by atoms with Crippen LogP contribution in [0.3, 0.4) is 0 Å². The first-order valence-corrected chi connectivity index (χ1v) is 7.91. The van der Waals surface area contributed by atoms with Crippen LogP contribution in [-0.4, -0.2) is 15.3 Å². The van der Waals surface area contributed by atoms with Gasteiger partial charge in [-0.15, -0.1) is 0 Å². The largest absolute Gasteiger partial charge is 0.292 e. The highest BCUT2D eigenvalue weighted by Crippen LogP contribution is 2.15. The molecular formula is C17H13IN2O2. The zero-order valence-electron chi connectivity index (χ0n) is 11.9. The lowest BCUT2D eigenvalue weighted by Gasteiger charge is -2.14. The van der Waals surface area contributed by atoms with Gasteiger partial charge < -0.3 is 0 Å². The van der Waals surface area contributed by atoms with Gasteiger partial charge in [-0.2, -0.15) is 0 Å². The minimum Gasteiger partial charge on any atom is -0.292 e. The van der Waals surface area contributed by atoms with Crippen LogP contribution in [0.1, 0.15) is 23.3 Å². The number of nitrogens with zero attached hydrogens (tertiary/aromatic N) is 2. The summed E-state index contributed by atoms with van der Waals surface area (Å²) < 4.78 is 2.36. The van der Waals surface area contributed by atoms with Crippen molar-refractivity contribution in [3.8, 4) is 0 Å². The highest BCUT2D eigenvalue weighted by Gasteiger charge is 2.19. The molecule has 0 N–H and O–H groups in total. The molecule has 5 heteroatoms. The normalized spacial score (nSPS) is 12.3. The van der Waals surface area contributed by atoms with E-state index in [1.54, 1.807) is 25.1 Å². The Balaban J connectivity index is 2.08.